The molecule has 0 bridgehead atoms. The molecule has 2 heteroatoms. The quantitative estimate of drug-likeness (QED) is 0.726. The van der Waals surface area contributed by atoms with Crippen molar-refractivity contribution in [3.8, 4) is 5.75 Å². The van der Waals surface area contributed by atoms with Gasteiger partial charge in [-0.1, -0.05) is 42.0 Å². The lowest BCUT2D eigenvalue weighted by atomic mass is 9.92. The van der Waals surface area contributed by atoms with Gasteiger partial charge in [0.15, 0.2) is 0 Å². The first-order valence-corrected chi connectivity index (χ1v) is 7.02. The van der Waals surface area contributed by atoms with E-state index in [1.165, 1.54) is 16.7 Å². The summed E-state index contributed by atoms with van der Waals surface area (Å²) in [4.78, 5) is 0. The highest BCUT2D eigenvalue weighted by Gasteiger charge is 2.11. The fourth-order valence-electron chi connectivity index (χ4n) is 2.27. The van der Waals surface area contributed by atoms with Crippen molar-refractivity contribution in [2.24, 2.45) is 0 Å². The van der Waals surface area contributed by atoms with Crippen LogP contribution < -0.4 is 4.74 Å². The van der Waals surface area contributed by atoms with E-state index in [1.54, 1.807) is 7.11 Å². The minimum Gasteiger partial charge on any atom is -0.497 e. The van der Waals surface area contributed by atoms with Gasteiger partial charge in [0.05, 0.1) is 7.11 Å². The van der Waals surface area contributed by atoms with Crippen LogP contribution >= 0.6 is 11.6 Å². The number of halogens is 1. The van der Waals surface area contributed by atoms with Crippen LogP contribution in [0.4, 0.5) is 0 Å². The fraction of sp³-hybridized carbons (Fsp3) is 0.294. The second kappa shape index (κ2) is 6.63. The summed E-state index contributed by atoms with van der Waals surface area (Å²) in [6, 6.07) is 16.8. The summed E-state index contributed by atoms with van der Waals surface area (Å²) in [6.07, 6.45) is 0.935. The van der Waals surface area contributed by atoms with Crippen LogP contribution in [0.2, 0.25) is 0 Å². The van der Waals surface area contributed by atoms with Crippen molar-refractivity contribution in [3.05, 3.63) is 65.2 Å². The lowest BCUT2D eigenvalue weighted by molar-refractivity contribution is 0.414. The van der Waals surface area contributed by atoms with Gasteiger partial charge in [-0.15, -0.1) is 11.6 Å². The zero-order chi connectivity index (χ0) is 13.7. The molecule has 0 spiro atoms. The van der Waals surface area contributed by atoms with Gasteiger partial charge in [0.25, 0.3) is 0 Å². The van der Waals surface area contributed by atoms with Crippen LogP contribution in [0.3, 0.4) is 0 Å². The smallest absolute Gasteiger partial charge is 0.119 e. The molecule has 19 heavy (non-hydrogen) atoms. The van der Waals surface area contributed by atoms with Crippen molar-refractivity contribution < 1.29 is 4.74 Å². The molecule has 0 fully saturated rings. The maximum Gasteiger partial charge on any atom is 0.119 e. The molecular weight excluding hydrogens is 256 g/mol. The van der Waals surface area contributed by atoms with Crippen molar-refractivity contribution in [2.75, 3.05) is 13.0 Å². The Morgan fingerprint density at radius 1 is 1.11 bits per heavy atom. The van der Waals surface area contributed by atoms with Crippen LogP contribution in [0, 0.1) is 6.92 Å². The average molecular weight is 275 g/mol. The third-order valence-electron chi connectivity index (χ3n) is 3.32. The number of methoxy groups -OCH3 is 1. The summed E-state index contributed by atoms with van der Waals surface area (Å²) >= 11 is 6.15. The molecule has 0 aliphatic heterocycles. The van der Waals surface area contributed by atoms with E-state index in [2.05, 4.69) is 43.3 Å². The van der Waals surface area contributed by atoms with Crippen molar-refractivity contribution in [1.29, 1.82) is 0 Å². The Labute approximate surface area is 120 Å². The van der Waals surface area contributed by atoms with E-state index in [9.17, 15) is 0 Å². The van der Waals surface area contributed by atoms with E-state index < -0.39 is 0 Å². The summed E-state index contributed by atoms with van der Waals surface area (Å²) in [7, 11) is 1.69. The summed E-state index contributed by atoms with van der Waals surface area (Å²) < 4.78 is 5.26. The van der Waals surface area contributed by atoms with E-state index in [-0.39, 0.29) is 0 Å². The molecule has 0 amide bonds. The van der Waals surface area contributed by atoms with Gasteiger partial charge in [-0.2, -0.15) is 0 Å². The monoisotopic (exact) mass is 274 g/mol. The lowest BCUT2D eigenvalue weighted by Gasteiger charge is -2.15. The highest BCUT2D eigenvalue weighted by Crippen LogP contribution is 2.24. The molecule has 100 valence electrons. The minimum absolute atomic E-state index is 0.341. The SMILES string of the molecule is COc1cccc(CC(CCl)c2cccc(C)c2)c1. The number of ether oxygens (including phenoxy) is 1. The van der Waals surface area contributed by atoms with Crippen LogP contribution in [-0.2, 0) is 6.42 Å². The molecule has 1 atom stereocenters. The van der Waals surface area contributed by atoms with Gasteiger partial charge in [0, 0.05) is 11.8 Å². The van der Waals surface area contributed by atoms with Crippen LogP contribution in [0.5, 0.6) is 5.75 Å². The molecular formula is C17H19ClO. The molecule has 0 saturated carbocycles. The molecule has 0 heterocycles. The molecule has 0 N–H and O–H groups in total. The molecule has 0 aliphatic carbocycles. The zero-order valence-corrected chi connectivity index (χ0v) is 12.2. The van der Waals surface area contributed by atoms with Gasteiger partial charge in [-0.3, -0.25) is 0 Å². The number of hydrogen-bond acceptors (Lipinski definition) is 1. The first-order valence-electron chi connectivity index (χ1n) is 6.48. The molecule has 0 radical (unpaired) electrons. The van der Waals surface area contributed by atoms with Crippen LogP contribution in [0.25, 0.3) is 0 Å². The standard InChI is InChI=1S/C17H19ClO/c1-13-5-3-7-15(9-13)16(12-18)10-14-6-4-8-17(11-14)19-2/h3-9,11,16H,10,12H2,1-2H3. The predicted molar refractivity (Wildman–Crippen MR) is 81.3 cm³/mol. The summed E-state index contributed by atoms with van der Waals surface area (Å²) in [5.41, 5.74) is 3.84. The summed E-state index contributed by atoms with van der Waals surface area (Å²) in [5.74, 6) is 1.87. The average Bonchev–Trinajstić information content (AvgIpc) is 2.45. The highest BCUT2D eigenvalue weighted by molar-refractivity contribution is 6.18. The van der Waals surface area contributed by atoms with Crippen molar-refractivity contribution in [3.63, 3.8) is 0 Å². The Bertz CT molecular complexity index is 536. The van der Waals surface area contributed by atoms with Gasteiger partial charge in [-0.05, 0) is 36.6 Å². The van der Waals surface area contributed by atoms with E-state index in [1.807, 2.05) is 12.1 Å². The zero-order valence-electron chi connectivity index (χ0n) is 11.4. The number of hydrogen-bond donors (Lipinski definition) is 0. The van der Waals surface area contributed by atoms with Gasteiger partial charge in [0.2, 0.25) is 0 Å². The third-order valence-corrected chi connectivity index (χ3v) is 3.69. The Morgan fingerprint density at radius 2 is 1.89 bits per heavy atom. The van der Waals surface area contributed by atoms with E-state index in [0.29, 0.717) is 11.8 Å². The van der Waals surface area contributed by atoms with Crippen molar-refractivity contribution in [1.82, 2.24) is 0 Å². The van der Waals surface area contributed by atoms with Crippen LogP contribution in [-0.4, -0.2) is 13.0 Å². The van der Waals surface area contributed by atoms with E-state index in [4.69, 9.17) is 16.3 Å². The normalized spacial score (nSPS) is 12.2. The Hall–Kier alpha value is -1.47. The number of benzene rings is 2. The van der Waals surface area contributed by atoms with Gasteiger partial charge < -0.3 is 4.74 Å². The second-order valence-corrected chi connectivity index (χ2v) is 5.13. The fourth-order valence-corrected chi connectivity index (χ4v) is 2.56. The third kappa shape index (κ3) is 3.74. The minimum atomic E-state index is 0.341. The number of aryl methyl sites for hydroxylation is 1. The van der Waals surface area contributed by atoms with Crippen LogP contribution in [0.15, 0.2) is 48.5 Å². The highest BCUT2D eigenvalue weighted by atomic mass is 35.5. The molecule has 2 aromatic rings. The molecule has 1 unspecified atom stereocenters. The molecule has 0 aromatic heterocycles. The molecule has 2 rings (SSSR count). The topological polar surface area (TPSA) is 9.23 Å². The molecule has 1 nitrogen and oxygen atoms in total. The summed E-state index contributed by atoms with van der Waals surface area (Å²) in [5, 5.41) is 0. The molecule has 0 aliphatic rings. The lowest BCUT2D eigenvalue weighted by Crippen LogP contribution is -2.05. The Morgan fingerprint density at radius 3 is 2.58 bits per heavy atom. The largest absolute Gasteiger partial charge is 0.497 e. The van der Waals surface area contributed by atoms with Crippen LogP contribution in [0.1, 0.15) is 22.6 Å². The van der Waals surface area contributed by atoms with E-state index in [0.717, 1.165) is 12.2 Å². The van der Waals surface area contributed by atoms with E-state index >= 15 is 0 Å². The number of rotatable bonds is 5. The van der Waals surface area contributed by atoms with Crippen molar-refractivity contribution in [2.45, 2.75) is 19.3 Å². The first kappa shape index (κ1) is 14.0. The Balaban J connectivity index is 2.18. The number of alkyl halides is 1. The Kier molecular flexibility index (Phi) is 4.86. The predicted octanol–water partition coefficient (Wildman–Crippen LogP) is 4.57. The first-order chi connectivity index (χ1) is 9.22. The van der Waals surface area contributed by atoms with Gasteiger partial charge in [0.1, 0.15) is 5.75 Å². The maximum atomic E-state index is 6.15. The molecule has 2 aromatic carbocycles. The second-order valence-electron chi connectivity index (χ2n) is 4.82. The van der Waals surface area contributed by atoms with Gasteiger partial charge >= 0.3 is 0 Å². The van der Waals surface area contributed by atoms with Crippen molar-refractivity contribution >= 4 is 11.6 Å². The van der Waals surface area contributed by atoms with Gasteiger partial charge in [-0.25, -0.2) is 0 Å². The molecule has 0 saturated heterocycles. The summed E-state index contributed by atoms with van der Waals surface area (Å²) in [6.45, 7) is 2.11. The maximum absolute atomic E-state index is 6.15.